The summed E-state index contributed by atoms with van der Waals surface area (Å²) in [5, 5.41) is 4.72. The Labute approximate surface area is 202 Å². The molecular weight excluding hydrogens is 454 g/mol. The summed E-state index contributed by atoms with van der Waals surface area (Å²) in [7, 11) is 1.58. The molecule has 3 aromatic rings. The number of hydrogen-bond acceptors (Lipinski definition) is 5. The Morgan fingerprint density at radius 1 is 1.12 bits per heavy atom. The quantitative estimate of drug-likeness (QED) is 0.384. The van der Waals surface area contributed by atoms with Gasteiger partial charge in [0.05, 0.1) is 19.2 Å². The van der Waals surface area contributed by atoms with E-state index < -0.39 is 5.92 Å². The third-order valence-corrected chi connectivity index (χ3v) is 5.89. The van der Waals surface area contributed by atoms with Gasteiger partial charge in [0.1, 0.15) is 18.1 Å². The molecule has 1 atom stereocenters. The molecule has 1 N–H and O–H groups in total. The minimum atomic E-state index is -0.488. The summed E-state index contributed by atoms with van der Waals surface area (Å²) in [6, 6.07) is 22.0. The lowest BCUT2D eigenvalue weighted by atomic mass is 10.1. The second-order valence-corrected chi connectivity index (χ2v) is 8.16. The van der Waals surface area contributed by atoms with E-state index in [0.717, 1.165) is 11.3 Å². The van der Waals surface area contributed by atoms with E-state index in [1.54, 1.807) is 36.3 Å². The number of anilines is 1. The Hall–Kier alpha value is -3.84. The number of nitrogens with zero attached hydrogens (tertiary/aromatic N) is 2. The summed E-state index contributed by atoms with van der Waals surface area (Å²) in [6.07, 6.45) is 1.66. The van der Waals surface area contributed by atoms with Crippen LogP contribution in [0.15, 0.2) is 77.9 Å². The zero-order chi connectivity index (χ0) is 23.9. The van der Waals surface area contributed by atoms with Gasteiger partial charge in [-0.3, -0.25) is 9.59 Å². The van der Waals surface area contributed by atoms with Crippen molar-refractivity contribution in [1.29, 1.82) is 0 Å². The molecule has 7 nitrogen and oxygen atoms in total. The van der Waals surface area contributed by atoms with Gasteiger partial charge in [-0.1, -0.05) is 41.9 Å². The van der Waals surface area contributed by atoms with Crippen LogP contribution in [-0.4, -0.2) is 31.7 Å². The number of para-hydroxylation sites is 1. The third kappa shape index (κ3) is 5.55. The van der Waals surface area contributed by atoms with E-state index in [1.165, 1.54) is 6.21 Å². The van der Waals surface area contributed by atoms with Crippen molar-refractivity contribution in [3.63, 3.8) is 0 Å². The number of halogens is 1. The number of benzene rings is 3. The third-order valence-electron chi connectivity index (χ3n) is 5.52. The van der Waals surface area contributed by atoms with Crippen molar-refractivity contribution >= 4 is 35.3 Å². The van der Waals surface area contributed by atoms with Gasteiger partial charge in [0.2, 0.25) is 11.8 Å². The molecule has 1 saturated heterocycles. The maximum Gasteiger partial charge on any atom is 0.245 e. The molecule has 0 saturated carbocycles. The van der Waals surface area contributed by atoms with Crippen molar-refractivity contribution in [2.45, 2.75) is 13.0 Å². The molecule has 0 aromatic heterocycles. The van der Waals surface area contributed by atoms with Crippen LogP contribution in [0.2, 0.25) is 5.02 Å². The number of rotatable bonds is 8. The molecule has 0 spiro atoms. The SMILES string of the molecule is COc1ccc(N2CC(C(=O)NN=Cc3ccccc3OCc3ccccc3Cl)CC2=O)cc1. The maximum atomic E-state index is 12.6. The number of carbonyl (C=O) groups excluding carboxylic acids is 2. The minimum absolute atomic E-state index is 0.104. The van der Waals surface area contributed by atoms with E-state index in [9.17, 15) is 9.59 Å². The lowest BCUT2D eigenvalue weighted by Gasteiger charge is -2.16. The van der Waals surface area contributed by atoms with Gasteiger partial charge in [-0.25, -0.2) is 5.43 Å². The average Bonchev–Trinajstić information content (AvgIpc) is 3.26. The first kappa shape index (κ1) is 23.3. The molecule has 1 heterocycles. The van der Waals surface area contributed by atoms with Gasteiger partial charge >= 0.3 is 0 Å². The van der Waals surface area contributed by atoms with Crippen LogP contribution in [0, 0.1) is 5.92 Å². The maximum absolute atomic E-state index is 12.6. The normalized spacial score (nSPS) is 15.5. The Morgan fingerprint density at radius 2 is 1.85 bits per heavy atom. The second-order valence-electron chi connectivity index (χ2n) is 7.76. The van der Waals surface area contributed by atoms with E-state index in [4.69, 9.17) is 21.1 Å². The fourth-order valence-electron chi connectivity index (χ4n) is 3.64. The Morgan fingerprint density at radius 3 is 2.62 bits per heavy atom. The number of carbonyl (C=O) groups is 2. The van der Waals surface area contributed by atoms with E-state index in [2.05, 4.69) is 10.5 Å². The molecule has 0 aliphatic carbocycles. The van der Waals surface area contributed by atoms with Gasteiger partial charge in [0.15, 0.2) is 0 Å². The van der Waals surface area contributed by atoms with E-state index >= 15 is 0 Å². The topological polar surface area (TPSA) is 80.2 Å². The van der Waals surface area contributed by atoms with Crippen molar-refractivity contribution in [1.82, 2.24) is 5.43 Å². The highest BCUT2D eigenvalue weighted by Gasteiger charge is 2.35. The predicted octanol–water partition coefficient (Wildman–Crippen LogP) is 4.43. The fourth-order valence-corrected chi connectivity index (χ4v) is 3.83. The number of hydrazone groups is 1. The molecule has 3 aromatic carbocycles. The van der Waals surface area contributed by atoms with Crippen LogP contribution in [0.25, 0.3) is 0 Å². The smallest absolute Gasteiger partial charge is 0.245 e. The first-order valence-electron chi connectivity index (χ1n) is 10.8. The lowest BCUT2D eigenvalue weighted by Crippen LogP contribution is -2.30. The van der Waals surface area contributed by atoms with Crippen LogP contribution in [0.3, 0.4) is 0 Å². The van der Waals surface area contributed by atoms with E-state index in [0.29, 0.717) is 35.2 Å². The highest BCUT2D eigenvalue weighted by Crippen LogP contribution is 2.27. The van der Waals surface area contributed by atoms with Gasteiger partial charge in [0, 0.05) is 34.8 Å². The highest BCUT2D eigenvalue weighted by atomic mass is 35.5. The number of amides is 2. The van der Waals surface area contributed by atoms with Crippen molar-refractivity contribution in [3.8, 4) is 11.5 Å². The van der Waals surface area contributed by atoms with Crippen LogP contribution in [0.4, 0.5) is 5.69 Å². The molecule has 8 heteroatoms. The molecule has 34 heavy (non-hydrogen) atoms. The van der Waals surface area contributed by atoms with Crippen LogP contribution in [0.1, 0.15) is 17.5 Å². The summed E-state index contributed by atoms with van der Waals surface area (Å²) in [4.78, 5) is 26.7. The molecule has 4 rings (SSSR count). The van der Waals surface area contributed by atoms with Crippen LogP contribution in [-0.2, 0) is 16.2 Å². The Kier molecular flexibility index (Phi) is 7.44. The zero-order valence-corrected chi connectivity index (χ0v) is 19.4. The molecule has 1 fully saturated rings. The van der Waals surface area contributed by atoms with Crippen LogP contribution >= 0.6 is 11.6 Å². The first-order chi connectivity index (χ1) is 16.5. The molecule has 1 aliphatic heterocycles. The van der Waals surface area contributed by atoms with Gasteiger partial charge in [-0.05, 0) is 42.5 Å². The summed E-state index contributed by atoms with van der Waals surface area (Å²) >= 11 is 6.20. The standard InChI is InChI=1S/C26H24ClN3O4/c1-33-22-12-10-21(11-13-22)30-16-20(14-25(30)31)26(32)29-28-15-18-6-3-5-9-24(18)34-17-19-7-2-4-8-23(19)27/h2-13,15,20H,14,16-17H2,1H3,(H,29,32). The molecule has 0 radical (unpaired) electrons. The summed E-state index contributed by atoms with van der Waals surface area (Å²) < 4.78 is 11.1. The second kappa shape index (κ2) is 10.9. The number of methoxy groups -OCH3 is 1. The number of nitrogens with one attached hydrogen (secondary N) is 1. The number of hydrogen-bond donors (Lipinski definition) is 1. The summed E-state index contributed by atoms with van der Waals surface area (Å²) in [5.74, 6) is 0.415. The Balaban J connectivity index is 1.35. The van der Waals surface area contributed by atoms with E-state index in [-0.39, 0.29) is 18.2 Å². The molecular formula is C26H24ClN3O4. The summed E-state index contributed by atoms with van der Waals surface area (Å²) in [5.41, 5.74) is 4.86. The van der Waals surface area contributed by atoms with Gasteiger partial charge < -0.3 is 14.4 Å². The molecule has 1 aliphatic rings. The van der Waals surface area contributed by atoms with Gasteiger partial charge in [-0.2, -0.15) is 5.10 Å². The molecule has 0 bridgehead atoms. The van der Waals surface area contributed by atoms with Crippen LogP contribution < -0.4 is 19.8 Å². The monoisotopic (exact) mass is 477 g/mol. The van der Waals surface area contributed by atoms with E-state index in [1.807, 2.05) is 48.5 Å². The summed E-state index contributed by atoms with van der Waals surface area (Å²) in [6.45, 7) is 0.603. The van der Waals surface area contributed by atoms with Crippen molar-refractivity contribution in [2.24, 2.45) is 11.0 Å². The first-order valence-corrected chi connectivity index (χ1v) is 11.2. The fraction of sp³-hybridized carbons (Fsp3) is 0.192. The van der Waals surface area contributed by atoms with Crippen molar-refractivity contribution < 1.29 is 19.1 Å². The molecule has 2 amide bonds. The van der Waals surface area contributed by atoms with Crippen molar-refractivity contribution in [3.05, 3.63) is 88.9 Å². The highest BCUT2D eigenvalue weighted by molar-refractivity contribution is 6.31. The van der Waals surface area contributed by atoms with Crippen molar-refractivity contribution in [2.75, 3.05) is 18.6 Å². The lowest BCUT2D eigenvalue weighted by molar-refractivity contribution is -0.126. The van der Waals surface area contributed by atoms with Gasteiger partial charge in [-0.15, -0.1) is 0 Å². The average molecular weight is 478 g/mol. The molecule has 1 unspecified atom stereocenters. The van der Waals surface area contributed by atoms with Gasteiger partial charge in [0.25, 0.3) is 0 Å². The minimum Gasteiger partial charge on any atom is -0.497 e. The predicted molar refractivity (Wildman–Crippen MR) is 131 cm³/mol. The Bertz CT molecular complexity index is 1200. The zero-order valence-electron chi connectivity index (χ0n) is 18.6. The number of ether oxygens (including phenoxy) is 2. The molecule has 174 valence electrons. The van der Waals surface area contributed by atoms with Crippen LogP contribution in [0.5, 0.6) is 11.5 Å². The largest absolute Gasteiger partial charge is 0.497 e.